The lowest BCUT2D eigenvalue weighted by atomic mass is 9.92. The molecule has 2 fully saturated rings. The van der Waals surface area contributed by atoms with Crippen LogP contribution in [-0.2, 0) is 0 Å². The predicted octanol–water partition coefficient (Wildman–Crippen LogP) is 3.70. The minimum absolute atomic E-state index is 0.345. The lowest BCUT2D eigenvalue weighted by molar-refractivity contribution is 0.209. The molecule has 0 aromatic carbocycles. The van der Waals surface area contributed by atoms with Crippen LogP contribution in [0.3, 0.4) is 0 Å². The largest absolute Gasteiger partial charge is 0.489 e. The van der Waals surface area contributed by atoms with Gasteiger partial charge in [0.1, 0.15) is 5.75 Å². The molecule has 1 spiro atoms. The van der Waals surface area contributed by atoms with Gasteiger partial charge in [-0.1, -0.05) is 6.08 Å². The lowest BCUT2D eigenvalue weighted by Crippen LogP contribution is -2.36. The van der Waals surface area contributed by atoms with Crippen LogP contribution in [0.5, 0.6) is 5.75 Å². The van der Waals surface area contributed by atoms with Crippen molar-refractivity contribution >= 4 is 5.57 Å². The maximum Gasteiger partial charge on any atom is 0.138 e. The fourth-order valence-electron chi connectivity index (χ4n) is 4.10. The number of rotatable bonds is 3. The first-order valence-corrected chi connectivity index (χ1v) is 8.39. The van der Waals surface area contributed by atoms with E-state index in [0.29, 0.717) is 11.6 Å². The van der Waals surface area contributed by atoms with Gasteiger partial charge in [-0.15, -0.1) is 0 Å². The van der Waals surface area contributed by atoms with E-state index in [4.69, 9.17) is 4.74 Å². The van der Waals surface area contributed by atoms with Crippen LogP contribution >= 0.6 is 0 Å². The van der Waals surface area contributed by atoms with Crippen LogP contribution in [-0.4, -0.2) is 23.2 Å². The summed E-state index contributed by atoms with van der Waals surface area (Å²) in [6, 6.07) is 2.19. The lowest BCUT2D eigenvalue weighted by Gasteiger charge is -2.23. The van der Waals surface area contributed by atoms with Gasteiger partial charge in [0.2, 0.25) is 0 Å². The molecule has 3 aliphatic rings. The number of ether oxygens (including phenoxy) is 1. The topological polar surface area (TPSA) is 34.1 Å². The summed E-state index contributed by atoms with van der Waals surface area (Å²) in [6.45, 7) is 1.17. The molecule has 1 saturated heterocycles. The standard InChI is InChI=1S/C18H24N2O/c1-2-5-16(4-1)21-17-10-15(12-19-13-17)14-6-8-18(11-14)7-3-9-20-18/h6,10,12-13,16,20H,1-5,7-9,11H2. The first-order valence-electron chi connectivity index (χ1n) is 8.39. The van der Waals surface area contributed by atoms with Gasteiger partial charge in [0.25, 0.3) is 0 Å². The van der Waals surface area contributed by atoms with E-state index in [-0.39, 0.29) is 0 Å². The SMILES string of the molecule is C1=C(c2cncc(OC3CCCC3)c2)CC2(C1)CCCN2. The molecule has 0 amide bonds. The van der Waals surface area contributed by atoms with Gasteiger partial charge in [-0.3, -0.25) is 4.98 Å². The minimum atomic E-state index is 0.345. The van der Waals surface area contributed by atoms with Crippen molar-refractivity contribution in [1.29, 1.82) is 0 Å². The van der Waals surface area contributed by atoms with E-state index < -0.39 is 0 Å². The maximum atomic E-state index is 6.09. The second-order valence-electron chi connectivity index (χ2n) is 6.85. The zero-order valence-corrected chi connectivity index (χ0v) is 12.6. The Kier molecular flexibility index (Phi) is 3.46. The molecular weight excluding hydrogens is 260 g/mol. The number of hydrogen-bond acceptors (Lipinski definition) is 3. The molecule has 2 aliphatic carbocycles. The van der Waals surface area contributed by atoms with Gasteiger partial charge in [0.15, 0.2) is 0 Å². The monoisotopic (exact) mass is 284 g/mol. The van der Waals surface area contributed by atoms with Crippen LogP contribution in [0.15, 0.2) is 24.5 Å². The molecule has 1 atom stereocenters. The van der Waals surface area contributed by atoms with Gasteiger partial charge in [-0.25, -0.2) is 0 Å². The third-order valence-electron chi connectivity index (χ3n) is 5.29. The van der Waals surface area contributed by atoms with Gasteiger partial charge in [-0.2, -0.15) is 0 Å². The Hall–Kier alpha value is -1.35. The fraction of sp³-hybridized carbons (Fsp3) is 0.611. The normalized spacial score (nSPS) is 29.2. The molecule has 4 rings (SSSR count). The molecular formula is C18H24N2O. The van der Waals surface area contributed by atoms with E-state index in [2.05, 4.69) is 22.4 Å². The highest BCUT2D eigenvalue weighted by Crippen LogP contribution is 2.40. The molecule has 1 aromatic rings. The van der Waals surface area contributed by atoms with Crippen molar-refractivity contribution in [3.05, 3.63) is 30.1 Å². The van der Waals surface area contributed by atoms with Crippen LogP contribution < -0.4 is 10.1 Å². The van der Waals surface area contributed by atoms with Gasteiger partial charge in [0.05, 0.1) is 12.3 Å². The van der Waals surface area contributed by atoms with Crippen molar-refractivity contribution in [3.63, 3.8) is 0 Å². The summed E-state index contributed by atoms with van der Waals surface area (Å²) in [5.41, 5.74) is 3.03. The number of pyridine rings is 1. The molecule has 1 unspecified atom stereocenters. The third-order valence-corrected chi connectivity index (χ3v) is 5.29. The highest BCUT2D eigenvalue weighted by Gasteiger charge is 2.37. The van der Waals surface area contributed by atoms with Crippen molar-refractivity contribution in [2.45, 2.75) is 63.0 Å². The Morgan fingerprint density at radius 1 is 1.19 bits per heavy atom. The molecule has 1 aliphatic heterocycles. The van der Waals surface area contributed by atoms with E-state index in [9.17, 15) is 0 Å². The van der Waals surface area contributed by atoms with Crippen molar-refractivity contribution < 1.29 is 4.74 Å². The van der Waals surface area contributed by atoms with E-state index in [1.54, 1.807) is 0 Å². The number of hydrogen-bond donors (Lipinski definition) is 1. The molecule has 3 heteroatoms. The Labute approximate surface area is 126 Å². The van der Waals surface area contributed by atoms with E-state index >= 15 is 0 Å². The number of aromatic nitrogens is 1. The quantitative estimate of drug-likeness (QED) is 0.919. The first kappa shape index (κ1) is 13.3. The van der Waals surface area contributed by atoms with Crippen molar-refractivity contribution in [1.82, 2.24) is 10.3 Å². The summed E-state index contributed by atoms with van der Waals surface area (Å²) < 4.78 is 6.09. The molecule has 1 aromatic heterocycles. The van der Waals surface area contributed by atoms with Crippen LogP contribution in [0.2, 0.25) is 0 Å². The van der Waals surface area contributed by atoms with E-state index in [1.807, 2.05) is 12.4 Å². The highest BCUT2D eigenvalue weighted by atomic mass is 16.5. The van der Waals surface area contributed by atoms with Crippen LogP contribution in [0.25, 0.3) is 5.57 Å². The molecule has 21 heavy (non-hydrogen) atoms. The first-order chi connectivity index (χ1) is 10.3. The second-order valence-corrected chi connectivity index (χ2v) is 6.85. The summed E-state index contributed by atoms with van der Waals surface area (Å²) in [5, 5.41) is 3.70. The number of nitrogens with zero attached hydrogens (tertiary/aromatic N) is 1. The van der Waals surface area contributed by atoms with Crippen LogP contribution in [0, 0.1) is 0 Å². The van der Waals surface area contributed by atoms with Crippen LogP contribution in [0.1, 0.15) is 56.9 Å². The summed E-state index contributed by atoms with van der Waals surface area (Å²) in [6.07, 6.45) is 16.6. The van der Waals surface area contributed by atoms with Crippen molar-refractivity contribution in [2.24, 2.45) is 0 Å². The molecule has 1 saturated carbocycles. The van der Waals surface area contributed by atoms with Gasteiger partial charge in [0, 0.05) is 11.7 Å². The maximum absolute atomic E-state index is 6.09. The Morgan fingerprint density at radius 3 is 2.90 bits per heavy atom. The van der Waals surface area contributed by atoms with Crippen molar-refractivity contribution in [3.8, 4) is 5.75 Å². The Balaban J connectivity index is 1.48. The van der Waals surface area contributed by atoms with E-state index in [0.717, 1.165) is 18.6 Å². The predicted molar refractivity (Wildman–Crippen MR) is 84.3 cm³/mol. The number of nitrogens with one attached hydrogen (secondary N) is 1. The Morgan fingerprint density at radius 2 is 2.10 bits per heavy atom. The second kappa shape index (κ2) is 5.45. The van der Waals surface area contributed by atoms with E-state index in [1.165, 1.54) is 56.2 Å². The molecule has 112 valence electrons. The van der Waals surface area contributed by atoms with Gasteiger partial charge in [-0.05, 0) is 75.1 Å². The fourth-order valence-corrected chi connectivity index (χ4v) is 4.10. The molecule has 1 N–H and O–H groups in total. The average Bonchev–Trinajstić information content (AvgIpc) is 3.24. The average molecular weight is 284 g/mol. The van der Waals surface area contributed by atoms with Gasteiger partial charge < -0.3 is 10.1 Å². The minimum Gasteiger partial charge on any atom is -0.489 e. The van der Waals surface area contributed by atoms with Crippen molar-refractivity contribution in [2.75, 3.05) is 6.54 Å². The zero-order valence-electron chi connectivity index (χ0n) is 12.6. The van der Waals surface area contributed by atoms with Gasteiger partial charge >= 0.3 is 0 Å². The molecule has 3 nitrogen and oxygen atoms in total. The zero-order chi connectivity index (χ0) is 14.1. The Bertz CT molecular complexity index is 540. The molecule has 0 bridgehead atoms. The summed E-state index contributed by atoms with van der Waals surface area (Å²) in [7, 11) is 0. The molecule has 0 radical (unpaired) electrons. The van der Waals surface area contributed by atoms with Crippen LogP contribution in [0.4, 0.5) is 0 Å². The summed E-state index contributed by atoms with van der Waals surface area (Å²) >= 11 is 0. The highest BCUT2D eigenvalue weighted by molar-refractivity contribution is 5.69. The smallest absolute Gasteiger partial charge is 0.138 e. The summed E-state index contributed by atoms with van der Waals surface area (Å²) in [4.78, 5) is 4.40. The summed E-state index contributed by atoms with van der Waals surface area (Å²) in [5.74, 6) is 0.945. The molecule has 2 heterocycles. The third kappa shape index (κ3) is 2.71.